The summed E-state index contributed by atoms with van der Waals surface area (Å²) < 4.78 is 5.43. The highest BCUT2D eigenvalue weighted by Crippen LogP contribution is 2.24. The van der Waals surface area contributed by atoms with E-state index in [4.69, 9.17) is 4.52 Å². The molecule has 0 radical (unpaired) electrons. The summed E-state index contributed by atoms with van der Waals surface area (Å²) in [6, 6.07) is 12.5. The molecule has 0 spiro atoms. The van der Waals surface area contributed by atoms with Crippen LogP contribution in [0.2, 0.25) is 0 Å². The van der Waals surface area contributed by atoms with E-state index in [0.717, 1.165) is 38.1 Å². The predicted octanol–water partition coefficient (Wildman–Crippen LogP) is 4.10. The van der Waals surface area contributed by atoms with Crippen LogP contribution < -0.4 is 0 Å². The Bertz CT molecular complexity index is 698. The van der Waals surface area contributed by atoms with E-state index in [1.807, 2.05) is 30.1 Å². The molecule has 0 bridgehead atoms. The Balaban J connectivity index is 1.57. The average molecular weight is 355 g/mol. The van der Waals surface area contributed by atoms with Gasteiger partial charge in [0.05, 0.1) is 6.54 Å². The third-order valence-electron chi connectivity index (χ3n) is 5.03. The molecule has 2 heterocycles. The first kappa shape index (κ1) is 18.6. The van der Waals surface area contributed by atoms with Crippen LogP contribution in [-0.4, -0.2) is 40.5 Å². The average Bonchev–Trinajstić information content (AvgIpc) is 3.29. The van der Waals surface area contributed by atoms with Gasteiger partial charge in [0.2, 0.25) is 0 Å². The number of hydrogen-bond donors (Lipinski definition) is 0. The zero-order valence-electron chi connectivity index (χ0n) is 15.9. The highest BCUT2D eigenvalue weighted by Gasteiger charge is 2.30. The Morgan fingerprint density at radius 1 is 1.31 bits per heavy atom. The molecule has 1 aromatic carbocycles. The fourth-order valence-electron chi connectivity index (χ4n) is 3.70. The summed E-state index contributed by atoms with van der Waals surface area (Å²) in [5, 5.41) is 4.04. The summed E-state index contributed by atoms with van der Waals surface area (Å²) in [5.41, 5.74) is 1.69. The first-order valence-corrected chi connectivity index (χ1v) is 9.66. The third kappa shape index (κ3) is 4.73. The number of aromatic nitrogens is 1. The minimum atomic E-state index is 0.0179. The molecule has 0 N–H and O–H groups in total. The number of rotatable bonds is 8. The van der Waals surface area contributed by atoms with Crippen molar-refractivity contribution < 1.29 is 9.32 Å². The number of nitrogens with zero attached hydrogens (tertiary/aromatic N) is 3. The third-order valence-corrected chi connectivity index (χ3v) is 5.03. The van der Waals surface area contributed by atoms with E-state index in [9.17, 15) is 4.79 Å². The minimum Gasteiger partial charge on any atom is -0.359 e. The van der Waals surface area contributed by atoms with Crippen LogP contribution >= 0.6 is 0 Å². The van der Waals surface area contributed by atoms with Crippen molar-refractivity contribution in [3.63, 3.8) is 0 Å². The van der Waals surface area contributed by atoms with Gasteiger partial charge in [0.25, 0.3) is 5.91 Å². The van der Waals surface area contributed by atoms with Crippen molar-refractivity contribution in [2.75, 3.05) is 13.6 Å². The molecule has 5 nitrogen and oxygen atoms in total. The zero-order chi connectivity index (χ0) is 18.4. The van der Waals surface area contributed by atoms with Crippen LogP contribution in [0.25, 0.3) is 0 Å². The first-order valence-electron chi connectivity index (χ1n) is 9.66. The molecular weight excluding hydrogens is 326 g/mol. The van der Waals surface area contributed by atoms with Crippen LogP contribution in [-0.2, 0) is 13.1 Å². The van der Waals surface area contributed by atoms with E-state index in [1.54, 1.807) is 6.07 Å². The summed E-state index contributed by atoms with van der Waals surface area (Å²) in [6.45, 7) is 4.49. The molecule has 0 aliphatic carbocycles. The Labute approximate surface area is 156 Å². The van der Waals surface area contributed by atoms with Crippen LogP contribution in [0.5, 0.6) is 0 Å². The summed E-state index contributed by atoms with van der Waals surface area (Å²) in [6.07, 6.45) is 5.62. The summed E-state index contributed by atoms with van der Waals surface area (Å²) in [4.78, 5) is 16.9. The maximum absolute atomic E-state index is 12.8. The number of carbonyl (C=O) groups is 1. The first-order chi connectivity index (χ1) is 12.7. The standard InChI is InChI=1S/C21H29N3O2/c1-3-4-11-18-12-8-13-24(18)21(25)20-14-19(26-22-20)16-23(2)15-17-9-6-5-7-10-17/h5-7,9-10,14,18H,3-4,8,11-13,15-16H2,1-2H3/t18-/m1/s1. The van der Waals surface area contributed by atoms with E-state index in [1.165, 1.54) is 18.4 Å². The van der Waals surface area contributed by atoms with Gasteiger partial charge in [-0.25, -0.2) is 0 Å². The van der Waals surface area contributed by atoms with E-state index >= 15 is 0 Å². The highest BCUT2D eigenvalue weighted by atomic mass is 16.5. The van der Waals surface area contributed by atoms with Crippen LogP contribution in [0.1, 0.15) is 60.8 Å². The Hall–Kier alpha value is -2.14. The number of likely N-dealkylation sites (tertiary alicyclic amines) is 1. The van der Waals surface area contributed by atoms with Crippen molar-refractivity contribution in [3.05, 3.63) is 53.4 Å². The quantitative estimate of drug-likeness (QED) is 0.715. The zero-order valence-corrected chi connectivity index (χ0v) is 15.9. The largest absolute Gasteiger partial charge is 0.359 e. The summed E-state index contributed by atoms with van der Waals surface area (Å²) in [5.74, 6) is 0.750. The van der Waals surface area contributed by atoms with Crippen molar-refractivity contribution in [3.8, 4) is 0 Å². The SMILES string of the molecule is CCCC[C@@H]1CCCN1C(=O)c1cc(CN(C)Cc2ccccc2)on1. The molecule has 1 aromatic heterocycles. The van der Waals surface area contributed by atoms with Gasteiger partial charge in [0.15, 0.2) is 11.5 Å². The Morgan fingerprint density at radius 2 is 2.12 bits per heavy atom. The van der Waals surface area contributed by atoms with Gasteiger partial charge < -0.3 is 9.42 Å². The molecule has 0 unspecified atom stereocenters. The second kappa shape index (κ2) is 8.99. The predicted molar refractivity (Wildman–Crippen MR) is 102 cm³/mol. The second-order valence-electron chi connectivity index (χ2n) is 7.27. The highest BCUT2D eigenvalue weighted by molar-refractivity contribution is 5.92. The van der Waals surface area contributed by atoms with Crippen molar-refractivity contribution in [2.45, 2.75) is 58.2 Å². The van der Waals surface area contributed by atoms with Crippen molar-refractivity contribution in [2.24, 2.45) is 0 Å². The molecule has 5 heteroatoms. The number of carbonyl (C=O) groups excluding carboxylic acids is 1. The van der Waals surface area contributed by atoms with Gasteiger partial charge in [0, 0.05) is 25.2 Å². The fraction of sp³-hybridized carbons (Fsp3) is 0.524. The summed E-state index contributed by atoms with van der Waals surface area (Å²) >= 11 is 0. The molecule has 140 valence electrons. The Morgan fingerprint density at radius 3 is 2.88 bits per heavy atom. The fourth-order valence-corrected chi connectivity index (χ4v) is 3.70. The molecule has 26 heavy (non-hydrogen) atoms. The van der Waals surface area contributed by atoms with Crippen LogP contribution in [0.3, 0.4) is 0 Å². The molecular formula is C21H29N3O2. The van der Waals surface area contributed by atoms with Crippen LogP contribution in [0.15, 0.2) is 40.9 Å². The second-order valence-corrected chi connectivity index (χ2v) is 7.27. The molecule has 1 amide bonds. The van der Waals surface area contributed by atoms with E-state index in [0.29, 0.717) is 18.3 Å². The topological polar surface area (TPSA) is 49.6 Å². The van der Waals surface area contributed by atoms with E-state index in [-0.39, 0.29) is 5.91 Å². The van der Waals surface area contributed by atoms with Gasteiger partial charge in [0.1, 0.15) is 0 Å². The lowest BCUT2D eigenvalue weighted by molar-refractivity contribution is 0.0718. The summed E-state index contributed by atoms with van der Waals surface area (Å²) in [7, 11) is 2.04. The van der Waals surface area contributed by atoms with Gasteiger partial charge >= 0.3 is 0 Å². The molecule has 1 saturated heterocycles. The lowest BCUT2D eigenvalue weighted by Gasteiger charge is -2.23. The number of unbranched alkanes of at least 4 members (excludes halogenated alkanes) is 1. The molecule has 1 fully saturated rings. The van der Waals surface area contributed by atoms with Gasteiger partial charge in [-0.05, 0) is 31.9 Å². The molecule has 1 aliphatic rings. The van der Waals surface area contributed by atoms with E-state index < -0.39 is 0 Å². The molecule has 0 saturated carbocycles. The minimum absolute atomic E-state index is 0.0179. The van der Waals surface area contributed by atoms with Crippen molar-refractivity contribution >= 4 is 5.91 Å². The maximum Gasteiger partial charge on any atom is 0.276 e. The van der Waals surface area contributed by atoms with Gasteiger partial charge in [-0.2, -0.15) is 0 Å². The smallest absolute Gasteiger partial charge is 0.276 e. The number of hydrogen-bond acceptors (Lipinski definition) is 4. The monoisotopic (exact) mass is 355 g/mol. The van der Waals surface area contributed by atoms with Gasteiger partial charge in [-0.1, -0.05) is 55.3 Å². The maximum atomic E-state index is 12.8. The molecule has 2 aromatic rings. The lowest BCUT2D eigenvalue weighted by Crippen LogP contribution is -2.35. The van der Waals surface area contributed by atoms with E-state index in [2.05, 4.69) is 29.1 Å². The Kier molecular flexibility index (Phi) is 6.45. The van der Waals surface area contributed by atoms with Crippen molar-refractivity contribution in [1.29, 1.82) is 0 Å². The number of amides is 1. The lowest BCUT2D eigenvalue weighted by atomic mass is 10.1. The molecule has 1 atom stereocenters. The molecule has 1 aliphatic heterocycles. The molecule has 3 rings (SSSR count). The van der Waals surface area contributed by atoms with Gasteiger partial charge in [-0.15, -0.1) is 0 Å². The van der Waals surface area contributed by atoms with Crippen LogP contribution in [0, 0.1) is 0 Å². The van der Waals surface area contributed by atoms with Gasteiger partial charge in [-0.3, -0.25) is 9.69 Å². The normalized spacial score (nSPS) is 17.2. The van der Waals surface area contributed by atoms with Crippen LogP contribution in [0.4, 0.5) is 0 Å². The van der Waals surface area contributed by atoms with Crippen molar-refractivity contribution in [1.82, 2.24) is 15.0 Å². The number of benzene rings is 1.